The molecule has 0 atom stereocenters. The molecule has 0 unspecified atom stereocenters. The lowest BCUT2D eigenvalue weighted by Crippen LogP contribution is -2.37. The summed E-state index contributed by atoms with van der Waals surface area (Å²) in [6.07, 6.45) is 7.86. The van der Waals surface area contributed by atoms with Crippen LogP contribution in [0.25, 0.3) is 0 Å². The minimum absolute atomic E-state index is 0.914. The average Bonchev–Trinajstić information content (AvgIpc) is 2.78. The van der Waals surface area contributed by atoms with Crippen LogP contribution in [-0.2, 0) is 6.54 Å². The highest BCUT2D eigenvalue weighted by Crippen LogP contribution is 2.26. The van der Waals surface area contributed by atoms with Gasteiger partial charge in [0.25, 0.3) is 0 Å². The Balaban J connectivity index is 1.55. The minimum Gasteiger partial charge on any atom is -0.472 e. The van der Waals surface area contributed by atoms with Crippen LogP contribution < -0.4 is 5.32 Å². The summed E-state index contributed by atoms with van der Waals surface area (Å²) in [5.74, 6) is 0.976. The number of rotatable bonds is 8. The first kappa shape index (κ1) is 12.7. The van der Waals surface area contributed by atoms with Crippen molar-refractivity contribution < 1.29 is 4.42 Å². The van der Waals surface area contributed by atoms with Gasteiger partial charge in [0.1, 0.15) is 0 Å². The predicted molar refractivity (Wildman–Crippen MR) is 69.9 cm³/mol. The molecule has 0 radical (unpaired) electrons. The molecule has 3 heteroatoms. The van der Waals surface area contributed by atoms with Gasteiger partial charge in [-0.05, 0) is 31.4 Å². The van der Waals surface area contributed by atoms with Gasteiger partial charge < -0.3 is 14.6 Å². The summed E-state index contributed by atoms with van der Waals surface area (Å²) < 4.78 is 5.04. The summed E-state index contributed by atoms with van der Waals surface area (Å²) in [7, 11) is 0. The molecule has 1 aromatic rings. The maximum absolute atomic E-state index is 5.04. The topological polar surface area (TPSA) is 28.4 Å². The second kappa shape index (κ2) is 6.82. The molecule has 0 amide bonds. The largest absolute Gasteiger partial charge is 0.472 e. The van der Waals surface area contributed by atoms with E-state index in [9.17, 15) is 0 Å². The third-order valence-electron chi connectivity index (χ3n) is 3.70. The molecule has 1 N–H and O–H groups in total. The van der Waals surface area contributed by atoms with Crippen LogP contribution in [0.4, 0.5) is 0 Å². The van der Waals surface area contributed by atoms with Gasteiger partial charge in [-0.25, -0.2) is 0 Å². The SMILES string of the molecule is CCN(CCNCc1ccoc1)CC1CCC1. The van der Waals surface area contributed by atoms with E-state index in [0.29, 0.717) is 0 Å². The summed E-state index contributed by atoms with van der Waals surface area (Å²) >= 11 is 0. The number of hydrogen-bond acceptors (Lipinski definition) is 3. The van der Waals surface area contributed by atoms with Crippen molar-refractivity contribution >= 4 is 0 Å². The Hall–Kier alpha value is -0.800. The van der Waals surface area contributed by atoms with E-state index in [4.69, 9.17) is 4.42 Å². The van der Waals surface area contributed by atoms with Gasteiger partial charge in [-0.2, -0.15) is 0 Å². The molecule has 0 aromatic carbocycles. The lowest BCUT2D eigenvalue weighted by atomic mass is 9.85. The van der Waals surface area contributed by atoms with E-state index in [1.807, 2.05) is 6.07 Å². The number of furan rings is 1. The van der Waals surface area contributed by atoms with Gasteiger partial charge in [-0.3, -0.25) is 0 Å². The Bertz CT molecular complexity index is 293. The van der Waals surface area contributed by atoms with Crippen LogP contribution in [0.1, 0.15) is 31.7 Å². The van der Waals surface area contributed by atoms with Gasteiger partial charge in [0.2, 0.25) is 0 Å². The molecule has 2 rings (SSSR count). The summed E-state index contributed by atoms with van der Waals surface area (Å²) in [6.45, 7) is 7.86. The first-order valence-corrected chi connectivity index (χ1v) is 6.82. The van der Waals surface area contributed by atoms with Crippen LogP contribution in [-0.4, -0.2) is 31.1 Å². The molecule has 0 bridgehead atoms. The lowest BCUT2D eigenvalue weighted by Gasteiger charge is -2.31. The van der Waals surface area contributed by atoms with Crippen molar-refractivity contribution in [2.24, 2.45) is 5.92 Å². The maximum Gasteiger partial charge on any atom is 0.0947 e. The first-order chi connectivity index (χ1) is 8.38. The normalized spacial score (nSPS) is 16.4. The molecule has 1 aliphatic carbocycles. The van der Waals surface area contributed by atoms with Gasteiger partial charge in [0.15, 0.2) is 0 Å². The van der Waals surface area contributed by atoms with E-state index >= 15 is 0 Å². The molecule has 1 saturated carbocycles. The second-order valence-electron chi connectivity index (χ2n) is 5.00. The van der Waals surface area contributed by atoms with Gasteiger partial charge in [-0.1, -0.05) is 13.3 Å². The van der Waals surface area contributed by atoms with Gasteiger partial charge in [-0.15, -0.1) is 0 Å². The van der Waals surface area contributed by atoms with Crippen molar-refractivity contribution in [1.82, 2.24) is 10.2 Å². The zero-order valence-corrected chi connectivity index (χ0v) is 10.8. The first-order valence-electron chi connectivity index (χ1n) is 6.82. The molecule has 1 aromatic heterocycles. The van der Waals surface area contributed by atoms with E-state index in [-0.39, 0.29) is 0 Å². The fourth-order valence-electron chi connectivity index (χ4n) is 2.28. The standard InChI is InChI=1S/C14H24N2O/c1-2-16(11-13-4-3-5-13)8-7-15-10-14-6-9-17-12-14/h6,9,12-13,15H,2-5,7-8,10-11H2,1H3. The molecule has 17 heavy (non-hydrogen) atoms. The summed E-state index contributed by atoms with van der Waals surface area (Å²) in [5, 5.41) is 3.46. The van der Waals surface area contributed by atoms with Crippen LogP contribution in [0.5, 0.6) is 0 Å². The second-order valence-corrected chi connectivity index (χ2v) is 5.00. The van der Waals surface area contributed by atoms with Crippen molar-refractivity contribution in [2.75, 3.05) is 26.2 Å². The van der Waals surface area contributed by atoms with Crippen LogP contribution >= 0.6 is 0 Å². The highest BCUT2D eigenvalue weighted by molar-refractivity contribution is 5.04. The Morgan fingerprint density at radius 1 is 1.47 bits per heavy atom. The van der Waals surface area contributed by atoms with Crippen molar-refractivity contribution in [3.63, 3.8) is 0 Å². The van der Waals surface area contributed by atoms with Crippen molar-refractivity contribution in [2.45, 2.75) is 32.7 Å². The molecule has 0 spiro atoms. The molecule has 0 aliphatic heterocycles. The van der Waals surface area contributed by atoms with E-state index in [1.165, 1.54) is 37.9 Å². The highest BCUT2D eigenvalue weighted by Gasteiger charge is 2.19. The Morgan fingerprint density at radius 3 is 2.94 bits per heavy atom. The molecule has 3 nitrogen and oxygen atoms in total. The van der Waals surface area contributed by atoms with Gasteiger partial charge in [0.05, 0.1) is 12.5 Å². The summed E-state index contributed by atoms with van der Waals surface area (Å²) in [4.78, 5) is 2.56. The Labute approximate surface area is 104 Å². The lowest BCUT2D eigenvalue weighted by molar-refractivity contribution is 0.184. The fraction of sp³-hybridized carbons (Fsp3) is 0.714. The summed E-state index contributed by atoms with van der Waals surface area (Å²) in [6, 6.07) is 2.01. The van der Waals surface area contributed by atoms with Crippen LogP contribution in [0.3, 0.4) is 0 Å². The molecular formula is C14H24N2O. The zero-order chi connectivity index (χ0) is 11.9. The smallest absolute Gasteiger partial charge is 0.0947 e. The minimum atomic E-state index is 0.914. The molecule has 0 saturated heterocycles. The fourth-order valence-corrected chi connectivity index (χ4v) is 2.28. The molecule has 96 valence electrons. The van der Waals surface area contributed by atoms with Crippen LogP contribution in [0, 0.1) is 5.92 Å². The monoisotopic (exact) mass is 236 g/mol. The number of hydrogen-bond donors (Lipinski definition) is 1. The van der Waals surface area contributed by atoms with E-state index in [0.717, 1.165) is 25.6 Å². The van der Waals surface area contributed by atoms with Crippen molar-refractivity contribution in [3.8, 4) is 0 Å². The van der Waals surface area contributed by atoms with E-state index in [1.54, 1.807) is 12.5 Å². The third kappa shape index (κ3) is 4.17. The maximum atomic E-state index is 5.04. The summed E-state index contributed by atoms with van der Waals surface area (Å²) in [5.41, 5.74) is 1.23. The number of likely N-dealkylation sites (N-methyl/N-ethyl adjacent to an activating group) is 1. The third-order valence-corrected chi connectivity index (χ3v) is 3.70. The van der Waals surface area contributed by atoms with E-state index in [2.05, 4.69) is 17.1 Å². The number of nitrogens with one attached hydrogen (secondary N) is 1. The molecule has 1 aliphatic rings. The van der Waals surface area contributed by atoms with E-state index < -0.39 is 0 Å². The van der Waals surface area contributed by atoms with Crippen LogP contribution in [0.15, 0.2) is 23.0 Å². The highest BCUT2D eigenvalue weighted by atomic mass is 16.3. The van der Waals surface area contributed by atoms with Gasteiger partial charge >= 0.3 is 0 Å². The van der Waals surface area contributed by atoms with Gasteiger partial charge in [0, 0.05) is 31.7 Å². The molecular weight excluding hydrogens is 212 g/mol. The van der Waals surface area contributed by atoms with Crippen LogP contribution in [0.2, 0.25) is 0 Å². The molecule has 1 fully saturated rings. The molecule has 1 heterocycles. The van der Waals surface area contributed by atoms with Crippen molar-refractivity contribution in [1.29, 1.82) is 0 Å². The average molecular weight is 236 g/mol. The number of nitrogens with zero attached hydrogens (tertiary/aromatic N) is 1. The Kier molecular flexibility index (Phi) is 5.08. The quantitative estimate of drug-likeness (QED) is 0.703. The Morgan fingerprint density at radius 2 is 2.35 bits per heavy atom. The predicted octanol–water partition coefficient (Wildman–Crippen LogP) is 2.49. The van der Waals surface area contributed by atoms with Crippen molar-refractivity contribution in [3.05, 3.63) is 24.2 Å². The zero-order valence-electron chi connectivity index (χ0n) is 10.8.